The molecule has 1 N–H and O–H groups in total. The van der Waals surface area contributed by atoms with Gasteiger partial charge in [-0.1, -0.05) is 12.1 Å². The summed E-state index contributed by atoms with van der Waals surface area (Å²) in [6.07, 6.45) is 0.870. The van der Waals surface area contributed by atoms with Crippen LogP contribution in [0.25, 0.3) is 10.9 Å². The molecule has 0 radical (unpaired) electrons. The zero-order valence-electron chi connectivity index (χ0n) is 7.72. The van der Waals surface area contributed by atoms with Gasteiger partial charge in [-0.05, 0) is 31.0 Å². The van der Waals surface area contributed by atoms with Crippen molar-refractivity contribution in [1.29, 1.82) is 0 Å². The normalized spacial score (nSPS) is 10.6. The first kappa shape index (κ1) is 8.05. The maximum atomic E-state index is 10.7. The third-order valence-corrected chi connectivity index (χ3v) is 2.44. The van der Waals surface area contributed by atoms with Gasteiger partial charge in [0, 0.05) is 10.9 Å². The van der Waals surface area contributed by atoms with Gasteiger partial charge in [0.2, 0.25) is 0 Å². The fraction of sp³-hybridized carbons (Fsp3) is 0.182. The van der Waals surface area contributed by atoms with Crippen LogP contribution in [0.2, 0.25) is 0 Å². The van der Waals surface area contributed by atoms with Crippen LogP contribution in [-0.2, 0) is 0 Å². The Labute approximate surface area is 76.6 Å². The van der Waals surface area contributed by atoms with Crippen molar-refractivity contribution in [2.45, 2.75) is 13.8 Å². The van der Waals surface area contributed by atoms with Crippen LogP contribution in [0.4, 0.5) is 0 Å². The Hall–Kier alpha value is -1.57. The van der Waals surface area contributed by atoms with Gasteiger partial charge in [-0.15, -0.1) is 0 Å². The van der Waals surface area contributed by atoms with E-state index in [-0.39, 0.29) is 0 Å². The average molecular weight is 173 g/mol. The lowest BCUT2D eigenvalue weighted by Gasteiger charge is -1.95. The SMILES string of the molecule is Cc1cccc2[nH]c(C=O)c(C)c12. The molecule has 2 aromatic rings. The first-order valence-electron chi connectivity index (χ1n) is 4.27. The molecule has 13 heavy (non-hydrogen) atoms. The van der Waals surface area contributed by atoms with E-state index in [4.69, 9.17) is 0 Å². The van der Waals surface area contributed by atoms with Crippen molar-refractivity contribution in [3.05, 3.63) is 35.0 Å². The van der Waals surface area contributed by atoms with Crippen LogP contribution in [0, 0.1) is 13.8 Å². The van der Waals surface area contributed by atoms with Gasteiger partial charge in [-0.2, -0.15) is 0 Å². The molecule has 0 amide bonds. The monoisotopic (exact) mass is 173 g/mol. The summed E-state index contributed by atoms with van der Waals surface area (Å²) >= 11 is 0. The van der Waals surface area contributed by atoms with Gasteiger partial charge in [0.1, 0.15) is 0 Å². The van der Waals surface area contributed by atoms with Gasteiger partial charge in [-0.25, -0.2) is 0 Å². The van der Waals surface area contributed by atoms with Crippen molar-refractivity contribution < 1.29 is 4.79 Å². The minimum Gasteiger partial charge on any atom is -0.352 e. The molecule has 0 bridgehead atoms. The number of hydrogen-bond acceptors (Lipinski definition) is 1. The van der Waals surface area contributed by atoms with E-state index >= 15 is 0 Å². The van der Waals surface area contributed by atoms with Crippen LogP contribution in [0.5, 0.6) is 0 Å². The Morgan fingerprint density at radius 3 is 2.69 bits per heavy atom. The van der Waals surface area contributed by atoms with Crippen molar-refractivity contribution in [1.82, 2.24) is 4.98 Å². The molecule has 0 atom stereocenters. The summed E-state index contributed by atoms with van der Waals surface area (Å²) in [6.45, 7) is 4.02. The van der Waals surface area contributed by atoms with Crippen molar-refractivity contribution in [3.63, 3.8) is 0 Å². The Morgan fingerprint density at radius 1 is 1.31 bits per heavy atom. The highest BCUT2D eigenvalue weighted by Crippen LogP contribution is 2.23. The van der Waals surface area contributed by atoms with Gasteiger partial charge in [0.25, 0.3) is 0 Å². The van der Waals surface area contributed by atoms with E-state index in [0.29, 0.717) is 5.69 Å². The maximum Gasteiger partial charge on any atom is 0.166 e. The predicted molar refractivity (Wildman–Crippen MR) is 53.2 cm³/mol. The molecule has 0 fully saturated rings. The second-order valence-electron chi connectivity index (χ2n) is 3.28. The number of aldehydes is 1. The largest absolute Gasteiger partial charge is 0.352 e. The Morgan fingerprint density at radius 2 is 2.08 bits per heavy atom. The third-order valence-electron chi connectivity index (χ3n) is 2.44. The quantitative estimate of drug-likeness (QED) is 0.660. The molecule has 1 heterocycles. The molecular weight excluding hydrogens is 162 g/mol. The number of fused-ring (bicyclic) bond motifs is 1. The van der Waals surface area contributed by atoms with Crippen molar-refractivity contribution in [2.75, 3.05) is 0 Å². The fourth-order valence-electron chi connectivity index (χ4n) is 1.76. The molecule has 2 nitrogen and oxygen atoms in total. The van der Waals surface area contributed by atoms with E-state index < -0.39 is 0 Å². The summed E-state index contributed by atoms with van der Waals surface area (Å²) in [6, 6.07) is 6.03. The molecule has 0 saturated heterocycles. The number of carbonyl (C=O) groups is 1. The number of nitrogens with one attached hydrogen (secondary N) is 1. The van der Waals surface area contributed by atoms with E-state index in [1.807, 2.05) is 19.1 Å². The number of H-pyrrole nitrogens is 1. The van der Waals surface area contributed by atoms with E-state index in [0.717, 1.165) is 17.4 Å². The molecule has 1 aromatic heterocycles. The van der Waals surface area contributed by atoms with E-state index in [9.17, 15) is 4.79 Å². The van der Waals surface area contributed by atoms with Crippen molar-refractivity contribution in [2.24, 2.45) is 0 Å². The molecule has 0 unspecified atom stereocenters. The molecular formula is C11H11NO. The predicted octanol–water partition coefficient (Wildman–Crippen LogP) is 2.60. The molecule has 2 heteroatoms. The number of aryl methyl sites for hydroxylation is 2. The number of carbonyl (C=O) groups excluding carboxylic acids is 1. The lowest BCUT2D eigenvalue weighted by molar-refractivity contribution is 0.111. The van der Waals surface area contributed by atoms with Crippen LogP contribution in [0.3, 0.4) is 0 Å². The highest BCUT2D eigenvalue weighted by molar-refractivity contribution is 5.93. The molecule has 0 aliphatic heterocycles. The van der Waals surface area contributed by atoms with Crippen molar-refractivity contribution in [3.8, 4) is 0 Å². The number of rotatable bonds is 1. The lowest BCUT2D eigenvalue weighted by atomic mass is 10.1. The van der Waals surface area contributed by atoms with Crippen LogP contribution in [0.1, 0.15) is 21.6 Å². The molecule has 2 rings (SSSR count). The van der Waals surface area contributed by atoms with E-state index in [1.54, 1.807) is 0 Å². The zero-order valence-corrected chi connectivity index (χ0v) is 7.72. The lowest BCUT2D eigenvalue weighted by Crippen LogP contribution is -1.81. The first-order valence-corrected chi connectivity index (χ1v) is 4.27. The van der Waals surface area contributed by atoms with Gasteiger partial charge >= 0.3 is 0 Å². The Bertz CT molecular complexity index is 468. The summed E-state index contributed by atoms with van der Waals surface area (Å²) in [7, 11) is 0. The summed E-state index contributed by atoms with van der Waals surface area (Å²) < 4.78 is 0. The Kier molecular flexibility index (Phi) is 1.69. The maximum absolute atomic E-state index is 10.7. The summed E-state index contributed by atoms with van der Waals surface area (Å²) in [5.74, 6) is 0. The Balaban J connectivity index is 2.92. The van der Waals surface area contributed by atoms with Crippen LogP contribution < -0.4 is 0 Å². The van der Waals surface area contributed by atoms with E-state index in [2.05, 4.69) is 18.0 Å². The molecule has 66 valence electrons. The van der Waals surface area contributed by atoms with Gasteiger partial charge in [0.05, 0.1) is 5.69 Å². The zero-order chi connectivity index (χ0) is 9.42. The van der Waals surface area contributed by atoms with Crippen LogP contribution in [0.15, 0.2) is 18.2 Å². The second-order valence-corrected chi connectivity index (χ2v) is 3.28. The smallest absolute Gasteiger partial charge is 0.166 e. The summed E-state index contributed by atoms with van der Waals surface area (Å²) in [4.78, 5) is 13.8. The van der Waals surface area contributed by atoms with Gasteiger partial charge in [0.15, 0.2) is 6.29 Å². The first-order chi connectivity index (χ1) is 6.24. The van der Waals surface area contributed by atoms with E-state index in [1.165, 1.54) is 10.9 Å². The second kappa shape index (κ2) is 2.73. The number of aromatic nitrogens is 1. The number of benzene rings is 1. The van der Waals surface area contributed by atoms with Crippen molar-refractivity contribution >= 4 is 17.2 Å². The van der Waals surface area contributed by atoms with Crippen LogP contribution in [-0.4, -0.2) is 11.3 Å². The third kappa shape index (κ3) is 1.06. The topological polar surface area (TPSA) is 32.9 Å². The molecule has 0 aliphatic rings. The van der Waals surface area contributed by atoms with Gasteiger partial charge in [-0.3, -0.25) is 4.79 Å². The summed E-state index contributed by atoms with van der Waals surface area (Å²) in [5, 5.41) is 1.17. The minimum absolute atomic E-state index is 0.685. The average Bonchev–Trinajstić information content (AvgIpc) is 2.44. The number of hydrogen-bond donors (Lipinski definition) is 1. The minimum atomic E-state index is 0.685. The fourth-order valence-corrected chi connectivity index (χ4v) is 1.76. The highest BCUT2D eigenvalue weighted by Gasteiger charge is 2.07. The molecule has 0 aliphatic carbocycles. The van der Waals surface area contributed by atoms with Gasteiger partial charge < -0.3 is 4.98 Å². The standard InChI is InChI=1S/C11H11NO/c1-7-4-3-5-9-11(7)8(2)10(6-13)12-9/h3-6,12H,1-2H3. The number of aromatic amines is 1. The summed E-state index contributed by atoms with van der Waals surface area (Å²) in [5.41, 5.74) is 3.98. The highest BCUT2D eigenvalue weighted by atomic mass is 16.1. The van der Waals surface area contributed by atoms with Crippen LogP contribution >= 0.6 is 0 Å². The molecule has 1 aromatic carbocycles. The molecule has 0 saturated carbocycles. The molecule has 0 spiro atoms.